The minimum atomic E-state index is 0.0676. The Morgan fingerprint density at radius 1 is 0.684 bits per heavy atom. The van der Waals surface area contributed by atoms with Crippen molar-refractivity contribution in [3.63, 3.8) is 0 Å². The van der Waals surface area contributed by atoms with E-state index in [0.717, 1.165) is 51.0 Å². The van der Waals surface area contributed by atoms with E-state index in [1.165, 1.54) is 6.07 Å². The molecule has 0 spiro atoms. The summed E-state index contributed by atoms with van der Waals surface area (Å²) in [6.45, 7) is 0. The van der Waals surface area contributed by atoms with Gasteiger partial charge in [0.1, 0.15) is 17.1 Å². The number of aromatic nitrogens is 2. The van der Waals surface area contributed by atoms with E-state index in [-0.39, 0.29) is 5.75 Å². The average Bonchev–Trinajstić information content (AvgIpc) is 2.99. The van der Waals surface area contributed by atoms with E-state index in [4.69, 9.17) is 11.3 Å². The van der Waals surface area contributed by atoms with Crippen LogP contribution in [0.15, 0.2) is 121 Å². The topological polar surface area (TPSA) is 52.5 Å². The van der Waals surface area contributed by atoms with Gasteiger partial charge in [-0.2, -0.15) is 0 Å². The van der Waals surface area contributed by atoms with Crippen LogP contribution in [0.1, 0.15) is 1.37 Å². The summed E-state index contributed by atoms with van der Waals surface area (Å²) in [5, 5.41) is 11.1. The van der Waals surface area contributed by atoms with E-state index < -0.39 is 0 Å². The quantitative estimate of drug-likeness (QED) is 0.269. The molecule has 1 aliphatic rings. The number of para-hydroxylation sites is 1. The SMILES string of the molecule is [2H]c1ccc(O)c2nc(-c3ccc4c(c3)N(c3ccccn3)c3cc(-c5ccccc5)ccc3N4C)ccc12. The van der Waals surface area contributed by atoms with Crippen LogP contribution in [0.2, 0.25) is 0 Å². The third-order valence-corrected chi connectivity index (χ3v) is 7.05. The Bertz CT molecular complexity index is 1860. The van der Waals surface area contributed by atoms with Crippen LogP contribution in [0.3, 0.4) is 0 Å². The number of hydrogen-bond donors (Lipinski definition) is 1. The summed E-state index contributed by atoms with van der Waals surface area (Å²) in [6, 6.07) is 36.3. The molecule has 0 bridgehead atoms. The summed E-state index contributed by atoms with van der Waals surface area (Å²) in [4.78, 5) is 13.9. The number of anilines is 5. The lowest BCUT2D eigenvalue weighted by molar-refractivity contribution is 0.480. The summed E-state index contributed by atoms with van der Waals surface area (Å²) in [5.74, 6) is 0.886. The molecule has 7 rings (SSSR count). The smallest absolute Gasteiger partial charge is 0.141 e. The van der Waals surface area contributed by atoms with Gasteiger partial charge in [0, 0.05) is 24.2 Å². The van der Waals surface area contributed by atoms with Crippen LogP contribution in [0.5, 0.6) is 5.75 Å². The van der Waals surface area contributed by atoms with Gasteiger partial charge in [-0.3, -0.25) is 4.90 Å². The number of nitrogens with zero attached hydrogens (tertiary/aromatic N) is 4. The Morgan fingerprint density at radius 2 is 1.42 bits per heavy atom. The van der Waals surface area contributed by atoms with Gasteiger partial charge >= 0.3 is 0 Å². The Labute approximate surface area is 222 Å². The third-order valence-electron chi connectivity index (χ3n) is 7.05. The van der Waals surface area contributed by atoms with Crippen molar-refractivity contribution >= 4 is 39.5 Å². The molecule has 0 atom stereocenters. The molecule has 38 heavy (non-hydrogen) atoms. The van der Waals surface area contributed by atoms with Crippen LogP contribution in [-0.4, -0.2) is 22.1 Å². The summed E-state index contributed by atoms with van der Waals surface area (Å²) in [5.41, 5.74) is 8.46. The first-order valence-corrected chi connectivity index (χ1v) is 12.5. The van der Waals surface area contributed by atoms with E-state index in [9.17, 15) is 5.11 Å². The third kappa shape index (κ3) is 3.56. The molecule has 0 amide bonds. The first-order valence-electron chi connectivity index (χ1n) is 13.0. The predicted molar refractivity (Wildman–Crippen MR) is 155 cm³/mol. The molecular formula is C33H24N4O. The van der Waals surface area contributed by atoms with Gasteiger partial charge in [-0.25, -0.2) is 9.97 Å². The van der Waals surface area contributed by atoms with Gasteiger partial charge < -0.3 is 10.0 Å². The molecule has 2 aromatic heterocycles. The lowest BCUT2D eigenvalue weighted by Gasteiger charge is -2.38. The summed E-state index contributed by atoms with van der Waals surface area (Å²) >= 11 is 0. The fraction of sp³-hybridized carbons (Fsp3) is 0.0303. The van der Waals surface area contributed by atoms with Gasteiger partial charge in [0.2, 0.25) is 0 Å². The summed E-state index contributed by atoms with van der Waals surface area (Å²) in [6.07, 6.45) is 1.81. The summed E-state index contributed by atoms with van der Waals surface area (Å²) < 4.78 is 8.18. The van der Waals surface area contributed by atoms with E-state index in [2.05, 4.69) is 71.4 Å². The molecule has 1 N–H and O–H groups in total. The van der Waals surface area contributed by atoms with Crippen LogP contribution in [-0.2, 0) is 0 Å². The molecule has 6 aromatic rings. The Kier molecular flexibility index (Phi) is 4.83. The Morgan fingerprint density at radius 3 is 2.18 bits per heavy atom. The van der Waals surface area contributed by atoms with Crippen LogP contribution in [0, 0.1) is 0 Å². The molecule has 1 aliphatic heterocycles. The predicted octanol–water partition coefficient (Wildman–Crippen LogP) is 8.22. The van der Waals surface area contributed by atoms with Crippen molar-refractivity contribution < 1.29 is 6.48 Å². The van der Waals surface area contributed by atoms with Crippen LogP contribution in [0.25, 0.3) is 33.3 Å². The Hall–Kier alpha value is -5.16. The first-order chi connectivity index (χ1) is 19.1. The number of phenolic OH excluding ortho intramolecular Hbond substituents is 1. The number of aromatic hydroxyl groups is 1. The standard InChI is InChI=1S/C33H24N4O/c1-36-27-17-14-24(22-8-3-2-4-9-22)20-29(27)37(32-12-5-6-19-34-32)30-21-25(15-18-28(30)36)26-16-13-23-10-7-11-31(38)33(23)35-26/h2-21,38H,1H3/i10D. The van der Waals surface area contributed by atoms with E-state index in [1.54, 1.807) is 6.07 Å². The first kappa shape index (κ1) is 21.0. The highest BCUT2D eigenvalue weighted by Crippen LogP contribution is 2.52. The molecule has 182 valence electrons. The molecule has 0 saturated heterocycles. The highest BCUT2D eigenvalue weighted by molar-refractivity contribution is 5.99. The minimum absolute atomic E-state index is 0.0676. The molecule has 5 nitrogen and oxygen atoms in total. The van der Waals surface area contributed by atoms with E-state index in [1.807, 2.05) is 48.7 Å². The van der Waals surface area contributed by atoms with E-state index >= 15 is 0 Å². The highest BCUT2D eigenvalue weighted by atomic mass is 16.3. The van der Waals surface area contributed by atoms with Gasteiger partial charge in [-0.05, 0) is 59.7 Å². The monoisotopic (exact) mass is 493 g/mol. The number of fused-ring (bicyclic) bond motifs is 3. The molecule has 4 aromatic carbocycles. The second kappa shape index (κ2) is 8.75. The number of hydrogen-bond acceptors (Lipinski definition) is 5. The highest BCUT2D eigenvalue weighted by Gasteiger charge is 2.29. The molecule has 5 heteroatoms. The maximum Gasteiger partial charge on any atom is 0.141 e. The van der Waals surface area contributed by atoms with Crippen molar-refractivity contribution in [3.05, 3.63) is 121 Å². The van der Waals surface area contributed by atoms with Crippen LogP contribution in [0.4, 0.5) is 28.6 Å². The second-order valence-corrected chi connectivity index (χ2v) is 9.31. The van der Waals surface area contributed by atoms with Crippen LogP contribution < -0.4 is 9.80 Å². The lowest BCUT2D eigenvalue weighted by atomic mass is 9.99. The van der Waals surface area contributed by atoms with Crippen molar-refractivity contribution in [2.45, 2.75) is 0 Å². The molecule has 0 aliphatic carbocycles. The van der Waals surface area contributed by atoms with Gasteiger partial charge in [-0.15, -0.1) is 0 Å². The van der Waals surface area contributed by atoms with Crippen molar-refractivity contribution in [2.75, 3.05) is 16.8 Å². The zero-order valence-corrected chi connectivity index (χ0v) is 20.7. The normalized spacial score (nSPS) is 12.7. The maximum absolute atomic E-state index is 10.4. The number of phenols is 1. The van der Waals surface area contributed by atoms with Crippen LogP contribution >= 0.6 is 0 Å². The molecular weight excluding hydrogens is 468 g/mol. The number of rotatable bonds is 3. The van der Waals surface area contributed by atoms with Crippen molar-refractivity contribution in [1.29, 1.82) is 0 Å². The summed E-state index contributed by atoms with van der Waals surface area (Å²) in [7, 11) is 2.08. The van der Waals surface area contributed by atoms with Gasteiger partial charge in [-0.1, -0.05) is 66.7 Å². The van der Waals surface area contributed by atoms with Crippen molar-refractivity contribution in [3.8, 4) is 28.1 Å². The average molecular weight is 494 g/mol. The maximum atomic E-state index is 10.4. The van der Waals surface area contributed by atoms with Gasteiger partial charge in [0.15, 0.2) is 0 Å². The van der Waals surface area contributed by atoms with Gasteiger partial charge in [0.05, 0.1) is 29.8 Å². The molecule has 0 unspecified atom stereocenters. The lowest BCUT2D eigenvalue weighted by Crippen LogP contribution is -2.24. The molecule has 0 fully saturated rings. The fourth-order valence-electron chi connectivity index (χ4n) is 5.16. The Balaban J connectivity index is 1.43. The molecule has 0 saturated carbocycles. The largest absolute Gasteiger partial charge is 0.506 e. The zero-order valence-electron chi connectivity index (χ0n) is 21.7. The van der Waals surface area contributed by atoms with Crippen molar-refractivity contribution in [2.24, 2.45) is 0 Å². The van der Waals surface area contributed by atoms with Crippen molar-refractivity contribution in [1.82, 2.24) is 9.97 Å². The minimum Gasteiger partial charge on any atom is -0.506 e. The number of benzene rings is 4. The molecule has 0 radical (unpaired) electrons. The zero-order chi connectivity index (χ0) is 26.5. The second-order valence-electron chi connectivity index (χ2n) is 9.31. The van der Waals surface area contributed by atoms with E-state index in [0.29, 0.717) is 16.9 Å². The fourth-order valence-corrected chi connectivity index (χ4v) is 5.16. The number of pyridine rings is 2. The van der Waals surface area contributed by atoms with Gasteiger partial charge in [0.25, 0.3) is 0 Å². The molecule has 3 heterocycles.